The molecule has 7 nitrogen and oxygen atoms in total. The third kappa shape index (κ3) is 4.82. The molecule has 0 radical (unpaired) electrons. The highest BCUT2D eigenvalue weighted by atomic mass is 16.6. The minimum absolute atomic E-state index is 0.156. The molecule has 2 aromatic heterocycles. The molecule has 1 saturated heterocycles. The van der Waals surface area contributed by atoms with Gasteiger partial charge in [0.05, 0.1) is 5.39 Å². The van der Waals surface area contributed by atoms with E-state index >= 15 is 0 Å². The maximum Gasteiger partial charge on any atom is 0.410 e. The first-order chi connectivity index (χ1) is 13.9. The number of rotatable bonds is 4. The highest BCUT2D eigenvalue weighted by molar-refractivity contribution is 5.90. The van der Waals surface area contributed by atoms with Crippen molar-refractivity contribution in [1.29, 1.82) is 0 Å². The summed E-state index contributed by atoms with van der Waals surface area (Å²) in [5.41, 5.74) is 1.71. The molecule has 1 saturated carbocycles. The molecule has 1 amide bonds. The van der Waals surface area contributed by atoms with E-state index in [0.29, 0.717) is 6.54 Å². The number of amides is 1. The number of aromatic nitrogens is 3. The summed E-state index contributed by atoms with van der Waals surface area (Å²) in [4.78, 5) is 26.6. The van der Waals surface area contributed by atoms with Crippen molar-refractivity contribution in [3.8, 4) is 0 Å². The molecule has 1 unspecified atom stereocenters. The normalized spacial score (nSPS) is 20.9. The van der Waals surface area contributed by atoms with Gasteiger partial charge in [0.1, 0.15) is 23.4 Å². The van der Waals surface area contributed by atoms with Gasteiger partial charge in [0.2, 0.25) is 0 Å². The lowest BCUT2D eigenvalue weighted by atomic mass is 9.98. The highest BCUT2D eigenvalue weighted by Crippen LogP contribution is 2.32. The molecule has 0 bridgehead atoms. The van der Waals surface area contributed by atoms with Crippen LogP contribution in [0.1, 0.15) is 64.9 Å². The second kappa shape index (κ2) is 8.20. The molecular weight excluding hydrogens is 366 g/mol. The fourth-order valence-corrected chi connectivity index (χ4v) is 4.60. The van der Waals surface area contributed by atoms with Gasteiger partial charge in [-0.25, -0.2) is 14.8 Å². The molecule has 2 aromatic rings. The number of ether oxygens (including phenoxy) is 1. The largest absolute Gasteiger partial charge is 0.444 e. The van der Waals surface area contributed by atoms with E-state index in [1.165, 1.54) is 31.2 Å². The van der Waals surface area contributed by atoms with Crippen LogP contribution in [0.4, 0.5) is 10.6 Å². The number of aromatic amines is 1. The zero-order chi connectivity index (χ0) is 20.4. The number of nitrogens with one attached hydrogen (secondary N) is 2. The summed E-state index contributed by atoms with van der Waals surface area (Å²) in [7, 11) is 0. The summed E-state index contributed by atoms with van der Waals surface area (Å²) in [6.45, 7) is 7.08. The third-order valence-corrected chi connectivity index (χ3v) is 5.95. The van der Waals surface area contributed by atoms with Crippen molar-refractivity contribution in [1.82, 2.24) is 19.9 Å². The van der Waals surface area contributed by atoms with E-state index in [4.69, 9.17) is 4.74 Å². The van der Waals surface area contributed by atoms with Crippen LogP contribution >= 0.6 is 0 Å². The maximum atomic E-state index is 12.5. The molecule has 2 N–H and O–H groups in total. The number of H-pyrrole nitrogens is 1. The van der Waals surface area contributed by atoms with Crippen molar-refractivity contribution in [3.63, 3.8) is 0 Å². The predicted octanol–water partition coefficient (Wildman–Crippen LogP) is 4.50. The van der Waals surface area contributed by atoms with Crippen molar-refractivity contribution in [2.24, 2.45) is 5.92 Å². The standard InChI is InChI=1S/C22H33N5O2/c1-22(2,3)29-21(28)27-10-6-9-17(13-27)26-20-18-16(11-15-7-4-5-8-15)12-23-19(18)24-14-25-20/h12,14-15,17H,4-11,13H2,1-3H3,(H2,23,24,25,26). The molecule has 2 aliphatic rings. The summed E-state index contributed by atoms with van der Waals surface area (Å²) in [6, 6.07) is 0.156. The molecule has 158 valence electrons. The highest BCUT2D eigenvalue weighted by Gasteiger charge is 2.28. The van der Waals surface area contributed by atoms with Crippen LogP contribution in [0.25, 0.3) is 11.0 Å². The number of hydrogen-bond acceptors (Lipinski definition) is 5. The van der Waals surface area contributed by atoms with Gasteiger partial charge in [-0.05, 0) is 51.5 Å². The topological polar surface area (TPSA) is 83.1 Å². The average molecular weight is 400 g/mol. The van der Waals surface area contributed by atoms with E-state index in [2.05, 4.69) is 26.5 Å². The van der Waals surface area contributed by atoms with Crippen LogP contribution in [-0.4, -0.2) is 50.7 Å². The van der Waals surface area contributed by atoms with Crippen LogP contribution in [0.15, 0.2) is 12.5 Å². The molecule has 29 heavy (non-hydrogen) atoms. The van der Waals surface area contributed by atoms with Gasteiger partial charge in [-0.15, -0.1) is 0 Å². The first-order valence-electron chi connectivity index (χ1n) is 10.9. The Hall–Kier alpha value is -2.31. The summed E-state index contributed by atoms with van der Waals surface area (Å²) in [5.74, 6) is 1.64. The van der Waals surface area contributed by atoms with Gasteiger partial charge in [-0.3, -0.25) is 0 Å². The predicted molar refractivity (Wildman–Crippen MR) is 114 cm³/mol. The SMILES string of the molecule is CC(C)(C)OC(=O)N1CCCC(Nc2ncnc3[nH]cc(CC4CCCC4)c23)C1. The number of fused-ring (bicyclic) bond motifs is 1. The van der Waals surface area contributed by atoms with E-state index in [1.807, 2.05) is 20.8 Å². The summed E-state index contributed by atoms with van der Waals surface area (Å²) in [6.07, 6.45) is 11.8. The lowest BCUT2D eigenvalue weighted by Gasteiger charge is -2.34. The number of anilines is 1. The molecule has 0 spiro atoms. The van der Waals surface area contributed by atoms with Crippen LogP contribution in [0.5, 0.6) is 0 Å². The zero-order valence-corrected chi connectivity index (χ0v) is 17.8. The molecule has 1 aliphatic heterocycles. The first-order valence-corrected chi connectivity index (χ1v) is 10.9. The maximum absolute atomic E-state index is 12.5. The van der Waals surface area contributed by atoms with Gasteiger partial charge in [0, 0.05) is 25.3 Å². The van der Waals surface area contributed by atoms with Crippen LogP contribution in [0.2, 0.25) is 0 Å². The first kappa shape index (κ1) is 20.0. The average Bonchev–Trinajstić information content (AvgIpc) is 3.32. The monoisotopic (exact) mass is 399 g/mol. The van der Waals surface area contributed by atoms with Crippen molar-refractivity contribution in [2.45, 2.75) is 77.4 Å². The Morgan fingerprint density at radius 3 is 2.79 bits per heavy atom. The fourth-order valence-electron chi connectivity index (χ4n) is 4.60. The number of hydrogen-bond donors (Lipinski definition) is 2. The van der Waals surface area contributed by atoms with Crippen LogP contribution in [0.3, 0.4) is 0 Å². The Labute approximate surface area is 172 Å². The summed E-state index contributed by atoms with van der Waals surface area (Å²) < 4.78 is 5.56. The van der Waals surface area contributed by atoms with E-state index in [1.54, 1.807) is 11.2 Å². The Kier molecular flexibility index (Phi) is 5.65. The number of likely N-dealkylation sites (tertiary alicyclic amines) is 1. The van der Waals surface area contributed by atoms with Gasteiger partial charge in [0.15, 0.2) is 0 Å². The number of nitrogens with zero attached hydrogens (tertiary/aromatic N) is 3. The zero-order valence-electron chi connectivity index (χ0n) is 17.8. The molecule has 4 rings (SSSR count). The van der Waals surface area contributed by atoms with Crippen molar-refractivity contribution in [3.05, 3.63) is 18.1 Å². The summed E-state index contributed by atoms with van der Waals surface area (Å²) >= 11 is 0. The quantitative estimate of drug-likeness (QED) is 0.791. The molecular formula is C22H33N5O2. The van der Waals surface area contributed by atoms with Crippen LogP contribution < -0.4 is 5.32 Å². The summed E-state index contributed by atoms with van der Waals surface area (Å²) in [5, 5.41) is 4.71. The molecule has 3 heterocycles. The Morgan fingerprint density at radius 1 is 1.24 bits per heavy atom. The minimum atomic E-state index is -0.476. The Bertz CT molecular complexity index is 850. The molecule has 7 heteroatoms. The molecule has 1 atom stereocenters. The van der Waals surface area contributed by atoms with E-state index in [0.717, 1.165) is 48.6 Å². The van der Waals surface area contributed by atoms with Crippen molar-refractivity contribution < 1.29 is 9.53 Å². The lowest BCUT2D eigenvalue weighted by molar-refractivity contribution is 0.0206. The van der Waals surface area contributed by atoms with Gasteiger partial charge < -0.3 is 19.9 Å². The third-order valence-electron chi connectivity index (χ3n) is 5.95. The van der Waals surface area contributed by atoms with Gasteiger partial charge in [-0.1, -0.05) is 25.7 Å². The van der Waals surface area contributed by atoms with Gasteiger partial charge >= 0.3 is 6.09 Å². The molecule has 1 aliphatic carbocycles. The van der Waals surface area contributed by atoms with E-state index in [-0.39, 0.29) is 12.1 Å². The van der Waals surface area contributed by atoms with Gasteiger partial charge in [-0.2, -0.15) is 0 Å². The minimum Gasteiger partial charge on any atom is -0.444 e. The molecule has 2 fully saturated rings. The number of carbonyl (C=O) groups is 1. The fraction of sp³-hybridized carbons (Fsp3) is 0.682. The van der Waals surface area contributed by atoms with Crippen molar-refractivity contribution in [2.75, 3.05) is 18.4 Å². The Morgan fingerprint density at radius 2 is 2.03 bits per heavy atom. The van der Waals surface area contributed by atoms with E-state index < -0.39 is 5.60 Å². The number of piperidine rings is 1. The van der Waals surface area contributed by atoms with Crippen molar-refractivity contribution >= 4 is 22.9 Å². The lowest BCUT2D eigenvalue weighted by Crippen LogP contribution is -2.47. The Balaban J connectivity index is 1.48. The number of carbonyl (C=O) groups excluding carboxylic acids is 1. The van der Waals surface area contributed by atoms with Gasteiger partial charge in [0.25, 0.3) is 0 Å². The smallest absolute Gasteiger partial charge is 0.410 e. The van der Waals surface area contributed by atoms with E-state index in [9.17, 15) is 4.79 Å². The molecule has 0 aromatic carbocycles. The second-order valence-corrected chi connectivity index (χ2v) is 9.52. The second-order valence-electron chi connectivity index (χ2n) is 9.52. The van der Waals surface area contributed by atoms with Crippen LogP contribution in [-0.2, 0) is 11.2 Å². The van der Waals surface area contributed by atoms with Crippen LogP contribution in [0, 0.1) is 5.92 Å².